The number of halogens is 1. The Morgan fingerprint density at radius 3 is 2.50 bits per heavy atom. The second kappa shape index (κ2) is 5.56. The van der Waals surface area contributed by atoms with E-state index in [-0.39, 0.29) is 0 Å². The molecule has 2 nitrogen and oxygen atoms in total. The van der Waals surface area contributed by atoms with Crippen molar-refractivity contribution in [3.63, 3.8) is 0 Å². The van der Waals surface area contributed by atoms with E-state index in [1.807, 2.05) is 6.07 Å². The van der Waals surface area contributed by atoms with Crippen molar-refractivity contribution in [2.45, 2.75) is 25.3 Å². The van der Waals surface area contributed by atoms with Crippen LogP contribution >= 0.6 is 11.6 Å². The largest absolute Gasteiger partial charge is 0.381 e. The molecule has 0 aliphatic heterocycles. The summed E-state index contributed by atoms with van der Waals surface area (Å²) in [4.78, 5) is 0. The van der Waals surface area contributed by atoms with Crippen LogP contribution in [0.5, 0.6) is 0 Å². The Hall–Kier alpha value is -1.98. The lowest BCUT2D eigenvalue weighted by atomic mass is 10.1. The molecule has 3 heteroatoms. The Kier molecular flexibility index (Phi) is 3.62. The van der Waals surface area contributed by atoms with E-state index in [2.05, 4.69) is 35.7 Å². The van der Waals surface area contributed by atoms with Crippen molar-refractivity contribution >= 4 is 17.3 Å². The van der Waals surface area contributed by atoms with Gasteiger partial charge in [0.2, 0.25) is 0 Å². The second-order valence-corrected chi connectivity index (χ2v) is 5.58. The first-order valence-electron chi connectivity index (χ1n) is 6.78. The maximum atomic E-state index is 8.84. The van der Waals surface area contributed by atoms with Gasteiger partial charge in [0.1, 0.15) is 6.07 Å². The summed E-state index contributed by atoms with van der Waals surface area (Å²) in [6, 6.07) is 16.3. The van der Waals surface area contributed by atoms with Crippen LogP contribution in [-0.4, -0.2) is 0 Å². The molecular formula is C17H15ClN2. The van der Waals surface area contributed by atoms with E-state index in [4.69, 9.17) is 16.9 Å². The van der Waals surface area contributed by atoms with E-state index in [1.54, 1.807) is 12.1 Å². The third-order valence-corrected chi connectivity index (χ3v) is 3.93. The highest BCUT2D eigenvalue weighted by molar-refractivity contribution is 6.32. The second-order valence-electron chi connectivity index (χ2n) is 5.18. The Morgan fingerprint density at radius 2 is 1.90 bits per heavy atom. The Morgan fingerprint density at radius 1 is 1.15 bits per heavy atom. The topological polar surface area (TPSA) is 35.8 Å². The van der Waals surface area contributed by atoms with Crippen LogP contribution in [0.1, 0.15) is 35.4 Å². The van der Waals surface area contributed by atoms with E-state index in [0.29, 0.717) is 10.6 Å². The zero-order valence-electron chi connectivity index (χ0n) is 11.1. The summed E-state index contributed by atoms with van der Waals surface area (Å²) in [6.45, 7) is 0.757. The molecule has 0 saturated heterocycles. The van der Waals surface area contributed by atoms with Gasteiger partial charge in [0.05, 0.1) is 10.6 Å². The fraction of sp³-hybridized carbons (Fsp3) is 0.235. The molecule has 1 saturated carbocycles. The number of benzene rings is 2. The summed E-state index contributed by atoms with van der Waals surface area (Å²) < 4.78 is 0. The van der Waals surface area contributed by atoms with Crippen molar-refractivity contribution < 1.29 is 0 Å². The smallest absolute Gasteiger partial charge is 0.101 e. The van der Waals surface area contributed by atoms with Crippen LogP contribution in [0.4, 0.5) is 5.69 Å². The summed E-state index contributed by atoms with van der Waals surface area (Å²) >= 11 is 6.01. The van der Waals surface area contributed by atoms with Crippen LogP contribution in [0.3, 0.4) is 0 Å². The number of nitrogens with one attached hydrogen (secondary N) is 1. The van der Waals surface area contributed by atoms with Crippen LogP contribution in [-0.2, 0) is 6.54 Å². The average Bonchev–Trinajstić information content (AvgIpc) is 3.30. The maximum absolute atomic E-state index is 8.84. The van der Waals surface area contributed by atoms with Gasteiger partial charge in [-0.2, -0.15) is 5.26 Å². The Bertz CT molecular complexity index is 652. The monoisotopic (exact) mass is 282 g/mol. The van der Waals surface area contributed by atoms with Gasteiger partial charge in [0.15, 0.2) is 0 Å². The minimum absolute atomic E-state index is 0.488. The minimum atomic E-state index is 0.488. The normalized spacial score (nSPS) is 13.8. The standard InChI is InChI=1S/C17H15ClN2/c18-17-9-16(8-7-15(17)10-19)20-11-12-1-3-13(4-2-12)14-5-6-14/h1-4,7-9,14,20H,5-6,11H2. The van der Waals surface area contributed by atoms with E-state index in [9.17, 15) is 0 Å². The van der Waals surface area contributed by atoms with Crippen LogP contribution in [0.15, 0.2) is 42.5 Å². The van der Waals surface area contributed by atoms with Crippen molar-refractivity contribution in [1.29, 1.82) is 5.26 Å². The SMILES string of the molecule is N#Cc1ccc(NCc2ccc(C3CC3)cc2)cc1Cl. The quantitative estimate of drug-likeness (QED) is 0.882. The first-order chi connectivity index (χ1) is 9.76. The summed E-state index contributed by atoms with van der Waals surface area (Å²) in [5, 5.41) is 12.6. The lowest BCUT2D eigenvalue weighted by Crippen LogP contribution is -1.99. The molecule has 1 aliphatic carbocycles. The molecule has 0 unspecified atom stereocenters. The van der Waals surface area contributed by atoms with Crippen molar-refractivity contribution in [2.24, 2.45) is 0 Å². The Labute approximate surface area is 124 Å². The van der Waals surface area contributed by atoms with E-state index >= 15 is 0 Å². The van der Waals surface area contributed by atoms with Gasteiger partial charge in [0.25, 0.3) is 0 Å². The van der Waals surface area contributed by atoms with Crippen LogP contribution in [0.2, 0.25) is 5.02 Å². The van der Waals surface area contributed by atoms with Crippen molar-refractivity contribution in [2.75, 3.05) is 5.32 Å². The zero-order chi connectivity index (χ0) is 13.9. The first kappa shape index (κ1) is 13.0. The molecule has 0 heterocycles. The van der Waals surface area contributed by atoms with E-state index < -0.39 is 0 Å². The molecule has 0 amide bonds. The maximum Gasteiger partial charge on any atom is 0.101 e. The molecule has 3 rings (SSSR count). The Balaban J connectivity index is 1.63. The average molecular weight is 283 g/mol. The summed E-state index contributed by atoms with van der Waals surface area (Å²) in [6.07, 6.45) is 2.67. The molecule has 0 bridgehead atoms. The number of nitrogens with zero attached hydrogens (tertiary/aromatic N) is 1. The number of hydrogen-bond donors (Lipinski definition) is 1. The van der Waals surface area contributed by atoms with Crippen molar-refractivity contribution in [3.8, 4) is 6.07 Å². The lowest BCUT2D eigenvalue weighted by molar-refractivity contribution is 1.10. The number of hydrogen-bond acceptors (Lipinski definition) is 2. The van der Waals surface area contributed by atoms with Gasteiger partial charge in [0, 0.05) is 12.2 Å². The highest BCUT2D eigenvalue weighted by atomic mass is 35.5. The van der Waals surface area contributed by atoms with Gasteiger partial charge in [-0.25, -0.2) is 0 Å². The van der Waals surface area contributed by atoms with Crippen molar-refractivity contribution in [3.05, 3.63) is 64.2 Å². The summed E-state index contributed by atoms with van der Waals surface area (Å²) in [5.74, 6) is 0.800. The minimum Gasteiger partial charge on any atom is -0.381 e. The van der Waals surface area contributed by atoms with Crippen LogP contribution in [0, 0.1) is 11.3 Å². The third-order valence-electron chi connectivity index (χ3n) is 3.61. The molecule has 2 aromatic carbocycles. The number of nitriles is 1. The fourth-order valence-electron chi connectivity index (χ4n) is 2.24. The molecular weight excluding hydrogens is 268 g/mol. The summed E-state index contributed by atoms with van der Waals surface area (Å²) in [7, 11) is 0. The zero-order valence-corrected chi connectivity index (χ0v) is 11.8. The van der Waals surface area contributed by atoms with Crippen LogP contribution in [0.25, 0.3) is 0 Å². The molecule has 0 spiro atoms. The molecule has 0 radical (unpaired) electrons. The van der Waals surface area contributed by atoms with Gasteiger partial charge in [-0.15, -0.1) is 0 Å². The van der Waals surface area contributed by atoms with Gasteiger partial charge in [-0.05, 0) is 48.1 Å². The molecule has 0 atom stereocenters. The molecule has 0 aromatic heterocycles. The molecule has 100 valence electrons. The fourth-order valence-corrected chi connectivity index (χ4v) is 2.47. The molecule has 1 N–H and O–H groups in total. The van der Waals surface area contributed by atoms with Gasteiger partial charge in [-0.1, -0.05) is 35.9 Å². The molecule has 1 aliphatic rings. The molecule has 1 fully saturated rings. The number of anilines is 1. The number of rotatable bonds is 4. The predicted molar refractivity (Wildman–Crippen MR) is 81.9 cm³/mol. The van der Waals surface area contributed by atoms with Gasteiger partial charge >= 0.3 is 0 Å². The first-order valence-corrected chi connectivity index (χ1v) is 7.16. The highest BCUT2D eigenvalue weighted by Gasteiger charge is 2.22. The highest BCUT2D eigenvalue weighted by Crippen LogP contribution is 2.39. The van der Waals surface area contributed by atoms with Crippen LogP contribution < -0.4 is 5.32 Å². The van der Waals surface area contributed by atoms with Crippen molar-refractivity contribution in [1.82, 2.24) is 0 Å². The third kappa shape index (κ3) is 2.95. The van der Waals surface area contributed by atoms with E-state index in [1.165, 1.54) is 24.0 Å². The van der Waals surface area contributed by atoms with Gasteiger partial charge in [-0.3, -0.25) is 0 Å². The summed E-state index contributed by atoms with van der Waals surface area (Å²) in [5.41, 5.74) is 4.14. The van der Waals surface area contributed by atoms with E-state index in [0.717, 1.165) is 18.2 Å². The molecule has 2 aromatic rings. The van der Waals surface area contributed by atoms with Gasteiger partial charge < -0.3 is 5.32 Å². The molecule has 20 heavy (non-hydrogen) atoms. The lowest BCUT2D eigenvalue weighted by Gasteiger charge is -2.08. The predicted octanol–water partition coefficient (Wildman–Crippen LogP) is 4.70.